The van der Waals surface area contributed by atoms with Crippen LogP contribution in [-0.2, 0) is 25.6 Å². The summed E-state index contributed by atoms with van der Waals surface area (Å²) in [5.74, 6) is 1.38. The van der Waals surface area contributed by atoms with Gasteiger partial charge in [-0.3, -0.25) is 9.52 Å². The molecule has 6 aliphatic rings. The summed E-state index contributed by atoms with van der Waals surface area (Å²) in [4.78, 5) is 20.8. The molecule has 1 amide bonds. The zero-order valence-corrected chi connectivity index (χ0v) is 28.1. The van der Waals surface area contributed by atoms with E-state index in [0.717, 1.165) is 49.9 Å². The molecule has 1 aromatic heterocycles. The van der Waals surface area contributed by atoms with E-state index in [9.17, 15) is 30.8 Å². The molecule has 8 nitrogen and oxygen atoms in total. The van der Waals surface area contributed by atoms with Gasteiger partial charge in [0, 0.05) is 35.2 Å². The normalized spacial score (nSPS) is 29.6. The van der Waals surface area contributed by atoms with Crippen LogP contribution in [-0.4, -0.2) is 42.2 Å². The molecule has 0 atom stereocenters. The van der Waals surface area contributed by atoms with Crippen LogP contribution in [0.25, 0.3) is 11.1 Å². The minimum Gasteiger partial charge on any atom is -0.339 e. The van der Waals surface area contributed by atoms with Crippen LogP contribution < -0.4 is 9.62 Å². The molecule has 1 N–H and O–H groups in total. The number of rotatable bonds is 9. The number of nitrogens with one attached hydrogen (secondary N) is 1. The largest absolute Gasteiger partial charge is 0.516 e. The van der Waals surface area contributed by atoms with Crippen molar-refractivity contribution in [2.75, 3.05) is 16.2 Å². The molecule has 0 spiro atoms. The summed E-state index contributed by atoms with van der Waals surface area (Å²) in [5.41, 5.74) is -5.42. The van der Waals surface area contributed by atoms with Crippen LogP contribution in [0.5, 0.6) is 0 Å². The maximum atomic E-state index is 14.4. The predicted molar refractivity (Wildman–Crippen MR) is 172 cm³/mol. The highest BCUT2D eigenvalue weighted by molar-refractivity contribution is 7.93. The van der Waals surface area contributed by atoms with E-state index < -0.39 is 21.2 Å². The third-order valence-corrected chi connectivity index (χ3v) is 12.4. The Morgan fingerprint density at radius 1 is 0.917 bits per heavy atom. The average Bonchev–Trinajstić information content (AvgIpc) is 3.52. The second kappa shape index (κ2) is 10.8. The van der Waals surface area contributed by atoms with Crippen molar-refractivity contribution in [2.45, 2.75) is 107 Å². The minimum absolute atomic E-state index is 0.0319. The highest BCUT2D eigenvalue weighted by Gasteiger charge is 2.69. The van der Waals surface area contributed by atoms with E-state index in [1.54, 1.807) is 4.72 Å². The Balaban J connectivity index is 1.12. The van der Waals surface area contributed by atoms with Gasteiger partial charge in [0.05, 0.1) is 0 Å². The first-order chi connectivity index (χ1) is 22.3. The Bertz CT molecular complexity index is 1800. The van der Waals surface area contributed by atoms with Gasteiger partial charge >= 0.3 is 15.5 Å². The van der Waals surface area contributed by atoms with Gasteiger partial charge < -0.3 is 9.42 Å². The van der Waals surface area contributed by atoms with Gasteiger partial charge in [-0.1, -0.05) is 50.2 Å². The summed E-state index contributed by atoms with van der Waals surface area (Å²) in [5, 5.41) is 4.41. The lowest BCUT2D eigenvalue weighted by molar-refractivity contribution is -0.215. The molecule has 9 rings (SSSR count). The number of carbonyl (C=O) groups is 1. The predicted octanol–water partition coefficient (Wildman–Crippen LogP) is 8.20. The van der Waals surface area contributed by atoms with E-state index in [0.29, 0.717) is 42.9 Å². The number of sulfonamides is 1. The van der Waals surface area contributed by atoms with Gasteiger partial charge in [-0.05, 0) is 104 Å². The Morgan fingerprint density at radius 2 is 1.54 bits per heavy atom. The fraction of sp³-hybridized carbons (Fsp3) is 0.571. The number of benzene rings is 2. The number of amides is 1. The number of halogens is 4. The average molecular weight is 689 g/mol. The Labute approximate surface area is 277 Å². The van der Waals surface area contributed by atoms with Crippen molar-refractivity contribution in [2.24, 2.45) is 10.8 Å². The van der Waals surface area contributed by atoms with E-state index in [1.807, 2.05) is 49.9 Å². The Kier molecular flexibility index (Phi) is 7.40. The molecule has 6 fully saturated rings. The van der Waals surface area contributed by atoms with Crippen LogP contribution in [0.3, 0.4) is 0 Å². The maximum absolute atomic E-state index is 14.4. The van der Waals surface area contributed by atoms with Crippen molar-refractivity contribution >= 4 is 27.3 Å². The first kappa shape index (κ1) is 33.0. The third-order valence-electron chi connectivity index (χ3n) is 11.3. The highest BCUT2D eigenvalue weighted by atomic mass is 32.2. The molecule has 6 saturated carbocycles. The molecule has 48 heavy (non-hydrogen) atoms. The fourth-order valence-electron chi connectivity index (χ4n) is 8.50. The maximum Gasteiger partial charge on any atom is 0.516 e. The van der Waals surface area contributed by atoms with Gasteiger partial charge in [0.25, 0.3) is 0 Å². The second-order valence-corrected chi connectivity index (χ2v) is 17.6. The number of fused-ring (bicyclic) bond motifs is 3. The Hall–Kier alpha value is -3.48. The zero-order valence-electron chi connectivity index (χ0n) is 27.3. The van der Waals surface area contributed by atoms with E-state index in [4.69, 9.17) is 9.51 Å². The van der Waals surface area contributed by atoms with Crippen molar-refractivity contribution in [1.29, 1.82) is 0 Å². The summed E-state index contributed by atoms with van der Waals surface area (Å²) in [7, 11) is -5.54. The molecule has 0 unspecified atom stereocenters. The van der Waals surface area contributed by atoms with Gasteiger partial charge in [-0.15, -0.1) is 0 Å². The van der Waals surface area contributed by atoms with Gasteiger partial charge in [-0.25, -0.2) is 4.39 Å². The molecule has 1 heterocycles. The van der Waals surface area contributed by atoms with E-state index in [2.05, 4.69) is 5.16 Å². The smallest absolute Gasteiger partial charge is 0.339 e. The van der Waals surface area contributed by atoms with Crippen molar-refractivity contribution < 1.29 is 35.3 Å². The summed E-state index contributed by atoms with van der Waals surface area (Å²) in [6.07, 6.45) is 6.99. The summed E-state index contributed by atoms with van der Waals surface area (Å²) in [6, 6.07) is 13.0. The fourth-order valence-corrected chi connectivity index (χ4v) is 9.06. The van der Waals surface area contributed by atoms with Crippen LogP contribution in [0.4, 0.5) is 28.9 Å². The standard InChI is InChI=1S/C35H40F4N4O4S/c1-30(2,3)29-40-28(41-47-29)33-14-11-31(12-15-33,13-16-33)22-43(27(44)18-32-19-34(36,20-32)21-32)26-6-4-5-24(17-26)23-7-9-25(10-8-23)42-48(45,46)35(37,38)39/h4-10,17,42H,11-16,18-22H2,1-3H3. The first-order valence-corrected chi connectivity index (χ1v) is 18.0. The van der Waals surface area contributed by atoms with Crippen LogP contribution in [0, 0.1) is 10.8 Å². The van der Waals surface area contributed by atoms with Gasteiger partial charge in [0.15, 0.2) is 5.82 Å². The van der Waals surface area contributed by atoms with Gasteiger partial charge in [0.1, 0.15) is 5.67 Å². The molecule has 0 radical (unpaired) electrons. The molecule has 6 aliphatic carbocycles. The molecule has 0 saturated heterocycles. The van der Waals surface area contributed by atoms with Crippen LogP contribution in [0.15, 0.2) is 53.1 Å². The SMILES string of the molecule is CC(C)(C)c1nc(C23CCC(CN(C(=O)CC45CC(F)(C4)C5)c4cccc(-c5ccc(NS(=O)(=O)C(F)(F)F)cc5)c4)(CC2)CC3)no1. The highest BCUT2D eigenvalue weighted by Crippen LogP contribution is 2.71. The van der Waals surface area contributed by atoms with E-state index >= 15 is 0 Å². The molecule has 2 aromatic carbocycles. The van der Waals surface area contributed by atoms with Crippen LogP contribution >= 0.6 is 0 Å². The third kappa shape index (κ3) is 5.79. The number of hydrogen-bond donors (Lipinski definition) is 1. The molecule has 258 valence electrons. The first-order valence-electron chi connectivity index (χ1n) is 16.5. The molecular formula is C35H40F4N4O4S. The lowest BCUT2D eigenvalue weighted by atomic mass is 9.41. The monoisotopic (exact) mass is 688 g/mol. The van der Waals surface area contributed by atoms with Crippen molar-refractivity contribution in [1.82, 2.24) is 10.1 Å². The van der Waals surface area contributed by atoms with E-state index in [-0.39, 0.29) is 39.7 Å². The molecule has 3 aromatic rings. The molecular weight excluding hydrogens is 648 g/mol. The number of aromatic nitrogens is 2. The lowest BCUT2D eigenvalue weighted by Gasteiger charge is -2.66. The van der Waals surface area contributed by atoms with Crippen molar-refractivity contribution in [3.8, 4) is 11.1 Å². The molecule has 13 heteroatoms. The second-order valence-electron chi connectivity index (χ2n) is 16.0. The van der Waals surface area contributed by atoms with Crippen molar-refractivity contribution in [3.63, 3.8) is 0 Å². The topological polar surface area (TPSA) is 105 Å². The number of alkyl halides is 4. The van der Waals surface area contributed by atoms with Gasteiger partial charge in [0.2, 0.25) is 11.8 Å². The summed E-state index contributed by atoms with van der Waals surface area (Å²) in [6.45, 7) is 6.67. The molecule has 4 bridgehead atoms. The van der Waals surface area contributed by atoms with Crippen LogP contribution in [0.1, 0.15) is 96.7 Å². The van der Waals surface area contributed by atoms with Crippen molar-refractivity contribution in [3.05, 3.63) is 60.2 Å². The molecule has 0 aliphatic heterocycles. The van der Waals surface area contributed by atoms with Gasteiger partial charge in [-0.2, -0.15) is 26.6 Å². The van der Waals surface area contributed by atoms with E-state index in [1.165, 1.54) is 24.3 Å². The lowest BCUT2D eigenvalue weighted by Crippen LogP contribution is -2.65. The summed E-state index contributed by atoms with van der Waals surface area (Å²) >= 11 is 0. The number of anilines is 2. The zero-order chi connectivity index (χ0) is 34.4. The van der Waals surface area contributed by atoms with Crippen LogP contribution in [0.2, 0.25) is 0 Å². The number of hydrogen-bond acceptors (Lipinski definition) is 6. The quantitative estimate of drug-likeness (QED) is 0.227. The number of nitrogens with zero attached hydrogens (tertiary/aromatic N) is 3. The number of carbonyl (C=O) groups excluding carboxylic acids is 1. The Morgan fingerprint density at radius 3 is 2.08 bits per heavy atom. The summed E-state index contributed by atoms with van der Waals surface area (Å²) < 4.78 is 83.3. The minimum atomic E-state index is -5.54.